The highest BCUT2D eigenvalue weighted by Gasteiger charge is 1.97. The Morgan fingerprint density at radius 2 is 1.53 bits per heavy atom. The first-order valence-corrected chi connectivity index (χ1v) is 5.87. The van der Waals surface area contributed by atoms with Crippen LogP contribution in [0.5, 0.6) is 0 Å². The summed E-state index contributed by atoms with van der Waals surface area (Å²) in [6, 6.07) is 13.7. The Morgan fingerprint density at radius 1 is 0.789 bits per heavy atom. The van der Waals surface area contributed by atoms with Crippen molar-refractivity contribution in [2.45, 2.75) is 6.92 Å². The molecule has 0 atom stereocenters. The van der Waals surface area contributed by atoms with Crippen molar-refractivity contribution in [3.63, 3.8) is 0 Å². The summed E-state index contributed by atoms with van der Waals surface area (Å²) in [7, 11) is 0. The van der Waals surface area contributed by atoms with Gasteiger partial charge in [0.2, 0.25) is 0 Å². The van der Waals surface area contributed by atoms with E-state index in [4.69, 9.17) is 0 Å². The number of fused-ring (bicyclic) bond motifs is 2. The molecule has 0 fully saturated rings. The standard InChI is InChI=1S/C7H7N3.C6H5N3/c1-5-3-2-4-6-7(5)9-10-8-6;1-2-4-6-5(3-1)7-9-8-6/h2-4H,1H3,(H,8,9,10);1-4H,(H,7,8,9). The second-order valence-corrected chi connectivity index (χ2v) is 4.11. The van der Waals surface area contributed by atoms with E-state index in [1.54, 1.807) is 0 Å². The van der Waals surface area contributed by atoms with Crippen LogP contribution in [-0.2, 0) is 0 Å². The Morgan fingerprint density at radius 3 is 2.37 bits per heavy atom. The van der Waals surface area contributed by atoms with E-state index < -0.39 is 0 Å². The molecule has 0 aliphatic rings. The molecule has 4 rings (SSSR count). The molecule has 94 valence electrons. The summed E-state index contributed by atoms with van der Waals surface area (Å²) in [5.41, 5.74) is 5.02. The van der Waals surface area contributed by atoms with E-state index in [2.05, 4.69) is 30.8 Å². The van der Waals surface area contributed by atoms with E-state index in [1.807, 2.05) is 49.4 Å². The predicted octanol–water partition coefficient (Wildman–Crippen LogP) is 2.22. The molecule has 0 spiro atoms. The van der Waals surface area contributed by atoms with Crippen LogP contribution < -0.4 is 0 Å². The van der Waals surface area contributed by atoms with Gasteiger partial charge in [0.1, 0.15) is 11.0 Å². The van der Waals surface area contributed by atoms with Gasteiger partial charge in [0.05, 0.1) is 11.0 Å². The minimum Gasteiger partial charge on any atom is -0.258 e. The smallest absolute Gasteiger partial charge is 0.115 e. The minimum absolute atomic E-state index is 0.914. The van der Waals surface area contributed by atoms with Crippen LogP contribution in [0.4, 0.5) is 0 Å². The normalized spacial score (nSPS) is 10.4. The molecule has 19 heavy (non-hydrogen) atoms. The van der Waals surface area contributed by atoms with Crippen molar-refractivity contribution in [1.29, 1.82) is 0 Å². The summed E-state index contributed by atoms with van der Waals surface area (Å²) in [5.74, 6) is 0. The zero-order chi connectivity index (χ0) is 13.1. The number of hydrogen-bond donors (Lipinski definition) is 2. The fourth-order valence-corrected chi connectivity index (χ4v) is 1.80. The number of aromatic amines is 2. The molecule has 0 amide bonds. The fourth-order valence-electron chi connectivity index (χ4n) is 1.80. The number of aryl methyl sites for hydroxylation is 1. The lowest BCUT2D eigenvalue weighted by atomic mass is 10.2. The van der Waals surface area contributed by atoms with Crippen LogP contribution in [0.1, 0.15) is 5.56 Å². The third-order valence-corrected chi connectivity index (χ3v) is 2.79. The fraction of sp³-hybridized carbons (Fsp3) is 0.0769. The number of nitrogens with zero attached hydrogens (tertiary/aromatic N) is 4. The van der Waals surface area contributed by atoms with E-state index in [1.165, 1.54) is 0 Å². The zero-order valence-corrected chi connectivity index (χ0v) is 10.3. The molecule has 4 aromatic rings. The number of benzene rings is 2. The lowest BCUT2D eigenvalue weighted by Gasteiger charge is -1.88. The van der Waals surface area contributed by atoms with Gasteiger partial charge >= 0.3 is 0 Å². The minimum atomic E-state index is 0.914. The molecule has 0 aliphatic carbocycles. The zero-order valence-electron chi connectivity index (χ0n) is 10.3. The van der Waals surface area contributed by atoms with E-state index in [-0.39, 0.29) is 0 Å². The first-order chi connectivity index (χ1) is 9.34. The molecule has 0 saturated heterocycles. The molecule has 6 nitrogen and oxygen atoms in total. The molecule has 0 unspecified atom stereocenters. The predicted molar refractivity (Wildman–Crippen MR) is 72.5 cm³/mol. The quantitative estimate of drug-likeness (QED) is 0.502. The maximum atomic E-state index is 3.91. The lowest BCUT2D eigenvalue weighted by Crippen LogP contribution is -1.73. The van der Waals surface area contributed by atoms with Crippen LogP contribution in [0.3, 0.4) is 0 Å². The third kappa shape index (κ3) is 2.28. The molecule has 2 N–H and O–H groups in total. The average Bonchev–Trinajstić information content (AvgIpc) is 3.08. The monoisotopic (exact) mass is 252 g/mol. The molecule has 0 radical (unpaired) electrons. The van der Waals surface area contributed by atoms with Crippen molar-refractivity contribution in [3.05, 3.63) is 48.0 Å². The largest absolute Gasteiger partial charge is 0.258 e. The van der Waals surface area contributed by atoms with Gasteiger partial charge in [0.25, 0.3) is 0 Å². The molecular formula is C13H12N6. The van der Waals surface area contributed by atoms with Crippen LogP contribution in [0, 0.1) is 6.92 Å². The molecule has 0 saturated carbocycles. The SMILES string of the molecule is Cc1cccc2[nH]nnc12.c1ccc2[nH]nnc2c1. The van der Waals surface area contributed by atoms with Crippen LogP contribution in [-0.4, -0.2) is 30.8 Å². The van der Waals surface area contributed by atoms with Crippen molar-refractivity contribution in [1.82, 2.24) is 30.8 Å². The second kappa shape index (κ2) is 4.85. The van der Waals surface area contributed by atoms with Crippen LogP contribution in [0.15, 0.2) is 42.5 Å². The van der Waals surface area contributed by atoms with Gasteiger partial charge < -0.3 is 0 Å². The summed E-state index contributed by atoms with van der Waals surface area (Å²) in [4.78, 5) is 0. The van der Waals surface area contributed by atoms with Crippen molar-refractivity contribution in [3.8, 4) is 0 Å². The second-order valence-electron chi connectivity index (χ2n) is 4.11. The number of rotatable bonds is 0. The Kier molecular flexibility index (Phi) is 2.89. The number of nitrogens with one attached hydrogen (secondary N) is 2. The van der Waals surface area contributed by atoms with Gasteiger partial charge in [-0.25, -0.2) is 0 Å². The van der Waals surface area contributed by atoms with Gasteiger partial charge in [-0.2, -0.15) is 0 Å². The first-order valence-electron chi connectivity index (χ1n) is 5.87. The summed E-state index contributed by atoms with van der Waals surface area (Å²) >= 11 is 0. The topological polar surface area (TPSA) is 83.1 Å². The van der Waals surface area contributed by atoms with Crippen LogP contribution in [0.2, 0.25) is 0 Å². The Labute approximate surface area is 108 Å². The van der Waals surface area contributed by atoms with Gasteiger partial charge in [-0.15, -0.1) is 10.2 Å². The molecule has 2 aromatic heterocycles. The maximum Gasteiger partial charge on any atom is 0.115 e. The lowest BCUT2D eigenvalue weighted by molar-refractivity contribution is 0.958. The van der Waals surface area contributed by atoms with Crippen molar-refractivity contribution in [2.24, 2.45) is 0 Å². The van der Waals surface area contributed by atoms with Crippen molar-refractivity contribution < 1.29 is 0 Å². The highest BCUT2D eigenvalue weighted by Crippen LogP contribution is 2.10. The van der Waals surface area contributed by atoms with Gasteiger partial charge in [-0.1, -0.05) is 34.7 Å². The Balaban J connectivity index is 0.000000117. The van der Waals surface area contributed by atoms with E-state index in [9.17, 15) is 0 Å². The molecule has 0 aliphatic heterocycles. The maximum absolute atomic E-state index is 3.91. The average molecular weight is 252 g/mol. The summed E-state index contributed by atoms with van der Waals surface area (Å²) in [6.45, 7) is 2.02. The molecule has 2 aromatic carbocycles. The van der Waals surface area contributed by atoms with E-state index in [0.717, 1.165) is 27.6 Å². The van der Waals surface area contributed by atoms with Crippen molar-refractivity contribution in [2.75, 3.05) is 0 Å². The molecule has 6 heteroatoms. The summed E-state index contributed by atoms with van der Waals surface area (Å²) in [5, 5.41) is 20.6. The molecular weight excluding hydrogens is 240 g/mol. The van der Waals surface area contributed by atoms with E-state index in [0.29, 0.717) is 0 Å². The van der Waals surface area contributed by atoms with Crippen LogP contribution in [0.25, 0.3) is 22.1 Å². The van der Waals surface area contributed by atoms with Gasteiger partial charge in [0.15, 0.2) is 0 Å². The molecule has 2 heterocycles. The highest BCUT2D eigenvalue weighted by molar-refractivity contribution is 5.76. The van der Waals surface area contributed by atoms with Crippen LogP contribution >= 0.6 is 0 Å². The third-order valence-electron chi connectivity index (χ3n) is 2.79. The number of aromatic nitrogens is 6. The Hall–Kier alpha value is -2.76. The summed E-state index contributed by atoms with van der Waals surface area (Å²) < 4.78 is 0. The number of hydrogen-bond acceptors (Lipinski definition) is 4. The van der Waals surface area contributed by atoms with Gasteiger partial charge in [-0.05, 0) is 30.7 Å². The summed E-state index contributed by atoms with van der Waals surface area (Å²) in [6.07, 6.45) is 0. The first kappa shape index (κ1) is 11.3. The van der Waals surface area contributed by atoms with E-state index >= 15 is 0 Å². The number of para-hydroxylation sites is 1. The number of H-pyrrole nitrogens is 2. The van der Waals surface area contributed by atoms with Gasteiger partial charge in [-0.3, -0.25) is 10.2 Å². The molecule has 0 bridgehead atoms. The Bertz CT molecular complexity index is 770. The van der Waals surface area contributed by atoms with Gasteiger partial charge in [0, 0.05) is 0 Å². The van der Waals surface area contributed by atoms with Crippen molar-refractivity contribution >= 4 is 22.1 Å². The highest BCUT2D eigenvalue weighted by atomic mass is 15.3.